The van der Waals surface area contributed by atoms with Crippen LogP contribution in [0.25, 0.3) is 6.08 Å². The van der Waals surface area contributed by atoms with Gasteiger partial charge in [0.1, 0.15) is 11.9 Å². The molecule has 0 unspecified atom stereocenters. The molecule has 1 aliphatic carbocycles. The van der Waals surface area contributed by atoms with Crippen LogP contribution in [0.1, 0.15) is 76.9 Å². The number of Topliss-reactive ketones (excluding diaryl/α,β-unsaturated/α-hetero) is 1. The Morgan fingerprint density at radius 1 is 1.29 bits per heavy atom. The Morgan fingerprint density at radius 2 is 2.03 bits per heavy atom. The molecular formula is C26H37NO6S. The van der Waals surface area contributed by atoms with Gasteiger partial charge >= 0.3 is 5.97 Å². The molecule has 0 aromatic carbocycles. The van der Waals surface area contributed by atoms with Crippen molar-refractivity contribution in [2.75, 3.05) is 0 Å². The Balaban J connectivity index is 1.59. The number of aliphatic hydroxyl groups excluding tert-OH is 2. The number of aryl methyl sites for hydroxylation is 1. The monoisotopic (exact) mass is 491 g/mol. The molecule has 3 heterocycles. The van der Waals surface area contributed by atoms with Gasteiger partial charge in [0.05, 0.1) is 46.5 Å². The highest BCUT2D eigenvalue weighted by Gasteiger charge is 2.55. The lowest BCUT2D eigenvalue weighted by molar-refractivity contribution is -0.161. The fraction of sp³-hybridized carbons (Fsp3) is 0.731. The molecule has 1 aromatic rings. The van der Waals surface area contributed by atoms with Crippen LogP contribution in [0.3, 0.4) is 0 Å². The van der Waals surface area contributed by atoms with E-state index in [2.05, 4.69) is 11.9 Å². The molecule has 2 saturated heterocycles. The molecule has 0 spiro atoms. The average molecular weight is 492 g/mol. The number of ether oxygens (including phenoxy) is 2. The van der Waals surface area contributed by atoms with Gasteiger partial charge < -0.3 is 19.7 Å². The molecule has 4 rings (SSSR count). The number of fused-ring (bicyclic) bond motifs is 3. The SMILES string of the molecule is C/C(=C\c1csc(C)n1)[C@@H]1C[C@@H]2O[C@]2(C)CCC[C@@H]2C[C@](C)(C(=O)[C@H](C)[C@H]2O)[C@@H](O)CC(=O)O1. The number of hydrogen-bond acceptors (Lipinski definition) is 8. The molecule has 2 aliphatic heterocycles. The lowest BCUT2D eigenvalue weighted by atomic mass is 9.60. The number of rotatable bonds is 2. The topological polar surface area (TPSA) is 109 Å². The Labute approximate surface area is 205 Å². The second-order valence-electron chi connectivity index (χ2n) is 11.0. The van der Waals surface area contributed by atoms with Crippen molar-refractivity contribution in [3.05, 3.63) is 21.7 Å². The fourth-order valence-electron chi connectivity index (χ4n) is 5.83. The zero-order valence-electron chi connectivity index (χ0n) is 20.7. The summed E-state index contributed by atoms with van der Waals surface area (Å²) in [7, 11) is 0. The van der Waals surface area contributed by atoms with Crippen molar-refractivity contribution in [3.8, 4) is 0 Å². The van der Waals surface area contributed by atoms with Crippen molar-refractivity contribution in [1.82, 2.24) is 4.98 Å². The van der Waals surface area contributed by atoms with Crippen LogP contribution in [-0.4, -0.2) is 57.0 Å². The highest BCUT2D eigenvalue weighted by Crippen LogP contribution is 2.48. The van der Waals surface area contributed by atoms with Crippen molar-refractivity contribution < 1.29 is 29.3 Å². The molecule has 1 saturated carbocycles. The van der Waals surface area contributed by atoms with Gasteiger partial charge in [-0.3, -0.25) is 9.59 Å². The van der Waals surface area contributed by atoms with Gasteiger partial charge in [-0.15, -0.1) is 11.3 Å². The fourth-order valence-corrected chi connectivity index (χ4v) is 6.40. The number of hydrogen-bond donors (Lipinski definition) is 2. The van der Waals surface area contributed by atoms with E-state index in [1.54, 1.807) is 25.2 Å². The lowest BCUT2D eigenvalue weighted by Crippen LogP contribution is -2.54. The van der Waals surface area contributed by atoms with Crippen LogP contribution < -0.4 is 0 Å². The number of esters is 1. The van der Waals surface area contributed by atoms with E-state index in [9.17, 15) is 19.8 Å². The maximum atomic E-state index is 13.1. The van der Waals surface area contributed by atoms with Crippen LogP contribution in [0.15, 0.2) is 11.0 Å². The van der Waals surface area contributed by atoms with Crippen molar-refractivity contribution in [2.24, 2.45) is 17.3 Å². The number of aliphatic hydroxyl groups is 2. The molecule has 8 atom stereocenters. The predicted octanol–water partition coefficient (Wildman–Crippen LogP) is 3.84. The Kier molecular flexibility index (Phi) is 7.08. The maximum absolute atomic E-state index is 13.1. The molecule has 0 radical (unpaired) electrons. The third-order valence-corrected chi connectivity index (χ3v) is 9.05. The van der Waals surface area contributed by atoms with E-state index in [-0.39, 0.29) is 29.8 Å². The lowest BCUT2D eigenvalue weighted by Gasteiger charge is -2.45. The van der Waals surface area contributed by atoms with E-state index in [1.807, 2.05) is 25.3 Å². The number of carbonyl (C=O) groups is 2. The first-order valence-corrected chi connectivity index (χ1v) is 13.2. The zero-order chi connectivity index (χ0) is 24.8. The summed E-state index contributed by atoms with van der Waals surface area (Å²) in [5, 5.41) is 24.7. The van der Waals surface area contributed by atoms with Gasteiger partial charge in [-0.1, -0.05) is 20.3 Å². The molecule has 34 heavy (non-hydrogen) atoms. The molecular weight excluding hydrogens is 454 g/mol. The minimum atomic E-state index is -1.17. The summed E-state index contributed by atoms with van der Waals surface area (Å²) in [5.41, 5.74) is 0.326. The van der Waals surface area contributed by atoms with E-state index in [1.165, 1.54) is 0 Å². The summed E-state index contributed by atoms with van der Waals surface area (Å²) in [6.45, 7) is 9.40. The number of thiazole rings is 1. The quantitative estimate of drug-likeness (QED) is 0.478. The second kappa shape index (κ2) is 9.45. The molecule has 1 aromatic heterocycles. The first-order chi connectivity index (χ1) is 15.9. The van der Waals surface area contributed by atoms with Gasteiger partial charge in [0.25, 0.3) is 0 Å². The van der Waals surface area contributed by atoms with Gasteiger partial charge in [-0.25, -0.2) is 4.98 Å². The molecule has 3 fully saturated rings. The molecule has 7 nitrogen and oxygen atoms in total. The minimum absolute atomic E-state index is 0.0271. The second-order valence-corrected chi connectivity index (χ2v) is 12.0. The number of epoxide rings is 1. The van der Waals surface area contributed by atoms with Crippen LogP contribution in [0.4, 0.5) is 0 Å². The van der Waals surface area contributed by atoms with E-state index in [0.29, 0.717) is 12.8 Å². The normalized spacial score (nSPS) is 41.9. The largest absolute Gasteiger partial charge is 0.458 e. The number of ketones is 1. The summed E-state index contributed by atoms with van der Waals surface area (Å²) in [4.78, 5) is 30.6. The van der Waals surface area contributed by atoms with E-state index in [4.69, 9.17) is 9.47 Å². The molecule has 3 aliphatic rings. The van der Waals surface area contributed by atoms with Crippen LogP contribution in [0, 0.1) is 24.2 Å². The average Bonchev–Trinajstić information content (AvgIpc) is 3.21. The zero-order valence-corrected chi connectivity index (χ0v) is 21.6. The highest BCUT2D eigenvalue weighted by atomic mass is 32.1. The smallest absolute Gasteiger partial charge is 0.309 e. The highest BCUT2D eigenvalue weighted by molar-refractivity contribution is 7.09. The summed E-state index contributed by atoms with van der Waals surface area (Å²) in [6.07, 6.45) is 2.58. The van der Waals surface area contributed by atoms with Gasteiger partial charge in [0.2, 0.25) is 0 Å². The Morgan fingerprint density at radius 3 is 2.71 bits per heavy atom. The van der Waals surface area contributed by atoms with Gasteiger partial charge in [0.15, 0.2) is 0 Å². The van der Waals surface area contributed by atoms with E-state index in [0.717, 1.165) is 35.5 Å². The summed E-state index contributed by atoms with van der Waals surface area (Å²) < 4.78 is 11.9. The standard InChI is InChI=1S/C26H37NO6S/c1-14(9-18-13-34-16(3)27-18)19-10-21-26(5,33-21)8-6-7-17-12-25(4,20(28)11-22(29)32-19)24(31)15(2)23(17)30/h9,13,15,17,19-21,23,28,30H,6-8,10-12H2,1-5H3/b14-9+/t15-,17-,19+,20+,21+,23-,25+,26-/m1/s1. The summed E-state index contributed by atoms with van der Waals surface area (Å²) >= 11 is 1.56. The summed E-state index contributed by atoms with van der Waals surface area (Å²) in [6, 6.07) is 0. The summed E-state index contributed by atoms with van der Waals surface area (Å²) in [5.74, 6) is -1.41. The maximum Gasteiger partial charge on any atom is 0.309 e. The minimum Gasteiger partial charge on any atom is -0.458 e. The number of aromatic nitrogens is 1. The van der Waals surface area contributed by atoms with Crippen LogP contribution in [0.5, 0.6) is 0 Å². The van der Waals surface area contributed by atoms with Crippen molar-refractivity contribution in [2.45, 2.75) is 103 Å². The molecule has 2 N–H and O–H groups in total. The van der Waals surface area contributed by atoms with Crippen LogP contribution in [0.2, 0.25) is 0 Å². The third kappa shape index (κ3) is 5.01. The number of nitrogens with zero attached hydrogens (tertiary/aromatic N) is 1. The Bertz CT molecular complexity index is 974. The van der Waals surface area contributed by atoms with Crippen LogP contribution >= 0.6 is 11.3 Å². The van der Waals surface area contributed by atoms with E-state index >= 15 is 0 Å². The molecule has 8 heteroatoms. The molecule has 188 valence electrons. The van der Waals surface area contributed by atoms with Gasteiger partial charge in [-0.2, -0.15) is 0 Å². The van der Waals surface area contributed by atoms with Gasteiger partial charge in [0, 0.05) is 17.7 Å². The van der Waals surface area contributed by atoms with E-state index < -0.39 is 35.6 Å². The van der Waals surface area contributed by atoms with Crippen LogP contribution in [-0.2, 0) is 19.1 Å². The number of cyclic esters (lactones) is 1. The predicted molar refractivity (Wildman–Crippen MR) is 129 cm³/mol. The van der Waals surface area contributed by atoms with Crippen molar-refractivity contribution in [1.29, 1.82) is 0 Å². The van der Waals surface area contributed by atoms with Crippen molar-refractivity contribution >= 4 is 29.2 Å². The first-order valence-electron chi connectivity index (χ1n) is 12.3. The first kappa shape index (κ1) is 25.5. The molecule has 0 amide bonds. The Hall–Kier alpha value is -1.61. The third-order valence-electron chi connectivity index (χ3n) is 8.26. The number of carbonyl (C=O) groups excluding carboxylic acids is 2. The molecule has 2 bridgehead atoms. The van der Waals surface area contributed by atoms with Gasteiger partial charge in [-0.05, 0) is 57.6 Å². The van der Waals surface area contributed by atoms with Crippen molar-refractivity contribution in [3.63, 3.8) is 0 Å².